The van der Waals surface area contributed by atoms with E-state index in [1.165, 1.54) is 18.4 Å². The number of esters is 1. The lowest BCUT2D eigenvalue weighted by atomic mass is 9.94. The summed E-state index contributed by atoms with van der Waals surface area (Å²) in [5.74, 6) is -1.26. The van der Waals surface area contributed by atoms with Gasteiger partial charge in [0, 0.05) is 11.9 Å². The molecule has 0 saturated carbocycles. The Morgan fingerprint density at radius 1 is 1.33 bits per heavy atom. The molecule has 2 unspecified atom stereocenters. The summed E-state index contributed by atoms with van der Waals surface area (Å²) in [6.07, 6.45) is 0. The molecule has 0 radical (unpaired) electrons. The highest BCUT2D eigenvalue weighted by molar-refractivity contribution is 7.09. The Balaban J connectivity index is 0.00000288. The van der Waals surface area contributed by atoms with Gasteiger partial charge in [0.05, 0.1) is 19.1 Å². The number of nitrogens with two attached hydrogens (primary N) is 1. The average molecular weight is 370 g/mol. The molecule has 24 heavy (non-hydrogen) atoms. The molecule has 1 heterocycles. The van der Waals surface area contributed by atoms with Crippen molar-refractivity contribution in [3.05, 3.63) is 52.0 Å². The van der Waals surface area contributed by atoms with Crippen molar-refractivity contribution in [3.63, 3.8) is 0 Å². The summed E-state index contributed by atoms with van der Waals surface area (Å²) >= 11 is 1.33. The van der Waals surface area contributed by atoms with Crippen LogP contribution in [0.25, 0.3) is 0 Å². The first kappa shape index (κ1) is 20.1. The van der Waals surface area contributed by atoms with Crippen LogP contribution in [0.5, 0.6) is 0 Å². The van der Waals surface area contributed by atoms with E-state index in [2.05, 4.69) is 10.3 Å². The summed E-state index contributed by atoms with van der Waals surface area (Å²) in [6, 6.07) is 8.80. The minimum absolute atomic E-state index is 0. The maximum absolute atomic E-state index is 12.4. The van der Waals surface area contributed by atoms with Crippen molar-refractivity contribution in [1.29, 1.82) is 0 Å². The number of carbonyl (C=O) groups excluding carboxylic acids is 2. The van der Waals surface area contributed by atoms with Gasteiger partial charge in [0.25, 0.3) is 5.91 Å². The normalized spacial score (nSPS) is 12.6. The van der Waals surface area contributed by atoms with Gasteiger partial charge < -0.3 is 15.8 Å². The van der Waals surface area contributed by atoms with E-state index in [0.717, 1.165) is 5.56 Å². The lowest BCUT2D eigenvalue weighted by Crippen LogP contribution is -2.36. The predicted molar refractivity (Wildman–Crippen MR) is 95.1 cm³/mol. The van der Waals surface area contributed by atoms with Crippen LogP contribution in [-0.2, 0) is 16.1 Å². The summed E-state index contributed by atoms with van der Waals surface area (Å²) in [5, 5.41) is 5.21. The largest absolute Gasteiger partial charge is 0.469 e. The molecule has 8 heteroatoms. The number of aromatic nitrogens is 1. The average Bonchev–Trinajstić information content (AvgIpc) is 3.08. The molecule has 0 fully saturated rings. The molecule has 2 atom stereocenters. The van der Waals surface area contributed by atoms with Gasteiger partial charge in [0.1, 0.15) is 10.7 Å². The molecule has 1 aromatic heterocycles. The molecule has 0 saturated heterocycles. The number of benzene rings is 1. The van der Waals surface area contributed by atoms with Crippen molar-refractivity contribution in [1.82, 2.24) is 10.3 Å². The van der Waals surface area contributed by atoms with E-state index < -0.39 is 12.0 Å². The predicted octanol–water partition coefficient (Wildman–Crippen LogP) is 2.30. The third-order valence-electron chi connectivity index (χ3n) is 3.48. The van der Waals surface area contributed by atoms with E-state index in [-0.39, 0.29) is 24.3 Å². The van der Waals surface area contributed by atoms with E-state index in [4.69, 9.17) is 10.5 Å². The fraction of sp³-hybridized carbons (Fsp3) is 0.312. The fourth-order valence-corrected chi connectivity index (χ4v) is 2.86. The zero-order chi connectivity index (χ0) is 16.8. The monoisotopic (exact) mass is 369 g/mol. The summed E-state index contributed by atoms with van der Waals surface area (Å²) in [7, 11) is 1.33. The topological polar surface area (TPSA) is 94.3 Å². The third kappa shape index (κ3) is 4.77. The van der Waals surface area contributed by atoms with Gasteiger partial charge in [-0.1, -0.05) is 30.3 Å². The van der Waals surface area contributed by atoms with Crippen molar-refractivity contribution in [2.45, 2.75) is 19.5 Å². The molecule has 0 aliphatic heterocycles. The van der Waals surface area contributed by atoms with Gasteiger partial charge in [-0.15, -0.1) is 23.7 Å². The summed E-state index contributed by atoms with van der Waals surface area (Å²) in [6.45, 7) is 2.01. The van der Waals surface area contributed by atoms with Crippen LogP contribution >= 0.6 is 23.7 Å². The van der Waals surface area contributed by atoms with Crippen molar-refractivity contribution in [3.8, 4) is 0 Å². The first-order valence-electron chi connectivity index (χ1n) is 7.15. The number of nitrogens with zero attached hydrogens (tertiary/aromatic N) is 1. The number of carbonyl (C=O) groups is 2. The van der Waals surface area contributed by atoms with Gasteiger partial charge in [-0.25, -0.2) is 4.98 Å². The van der Waals surface area contributed by atoms with E-state index >= 15 is 0 Å². The van der Waals surface area contributed by atoms with Crippen molar-refractivity contribution in [2.24, 2.45) is 11.7 Å². The van der Waals surface area contributed by atoms with Gasteiger partial charge in [-0.05, 0) is 12.5 Å². The molecule has 0 aliphatic carbocycles. The van der Waals surface area contributed by atoms with Crippen LogP contribution in [0, 0.1) is 5.92 Å². The van der Waals surface area contributed by atoms with Crippen LogP contribution in [0.4, 0.5) is 0 Å². The Labute approximate surface area is 150 Å². The van der Waals surface area contributed by atoms with Crippen LogP contribution in [0.1, 0.15) is 34.0 Å². The molecule has 2 aromatic rings. The summed E-state index contributed by atoms with van der Waals surface area (Å²) in [5.41, 5.74) is 6.64. The van der Waals surface area contributed by atoms with E-state index in [1.54, 1.807) is 12.3 Å². The quantitative estimate of drug-likeness (QED) is 0.762. The van der Waals surface area contributed by atoms with Gasteiger partial charge >= 0.3 is 5.97 Å². The second-order valence-electron chi connectivity index (χ2n) is 5.00. The van der Waals surface area contributed by atoms with Crippen molar-refractivity contribution >= 4 is 35.6 Å². The lowest BCUT2D eigenvalue weighted by molar-refractivity contribution is -0.145. The van der Waals surface area contributed by atoms with Gasteiger partial charge in [0.15, 0.2) is 0 Å². The van der Waals surface area contributed by atoms with Gasteiger partial charge in [-0.3, -0.25) is 9.59 Å². The highest BCUT2D eigenvalue weighted by atomic mass is 35.5. The first-order chi connectivity index (χ1) is 11.1. The summed E-state index contributed by atoms with van der Waals surface area (Å²) in [4.78, 5) is 28.5. The van der Waals surface area contributed by atoms with E-state index in [1.807, 2.05) is 30.3 Å². The minimum Gasteiger partial charge on any atom is -0.469 e. The Morgan fingerprint density at radius 3 is 2.54 bits per heavy atom. The Kier molecular flexibility index (Phi) is 7.84. The van der Waals surface area contributed by atoms with E-state index in [9.17, 15) is 9.59 Å². The fourth-order valence-electron chi connectivity index (χ4n) is 2.20. The summed E-state index contributed by atoms with van der Waals surface area (Å²) < 4.78 is 4.80. The molecule has 1 aromatic carbocycles. The van der Waals surface area contributed by atoms with Crippen molar-refractivity contribution < 1.29 is 14.3 Å². The Bertz CT molecular complexity index is 678. The number of nitrogens with one attached hydrogen (secondary N) is 1. The SMILES string of the molecule is COC(=O)C(C)C(NC(=O)c1csc(CN)n1)c1ccccc1.Cl. The molecule has 0 aliphatic rings. The number of hydrogen-bond donors (Lipinski definition) is 2. The number of amides is 1. The number of ether oxygens (including phenoxy) is 1. The van der Waals surface area contributed by atoms with Crippen LogP contribution in [0.2, 0.25) is 0 Å². The smallest absolute Gasteiger partial charge is 0.310 e. The van der Waals surface area contributed by atoms with Crippen LogP contribution in [0.3, 0.4) is 0 Å². The molecule has 130 valence electrons. The molecule has 0 bridgehead atoms. The third-order valence-corrected chi connectivity index (χ3v) is 4.35. The number of thiazole rings is 1. The standard InChI is InChI=1S/C16H19N3O3S.ClH/c1-10(16(21)22-2)14(11-6-4-3-5-7-11)19-15(20)12-9-23-13(8-17)18-12;/h3-7,9-10,14H,8,17H2,1-2H3,(H,19,20);1H. The molecule has 6 nitrogen and oxygen atoms in total. The molecule has 3 N–H and O–H groups in total. The zero-order valence-electron chi connectivity index (χ0n) is 13.4. The second-order valence-corrected chi connectivity index (χ2v) is 5.95. The van der Waals surface area contributed by atoms with Crippen molar-refractivity contribution in [2.75, 3.05) is 7.11 Å². The number of hydrogen-bond acceptors (Lipinski definition) is 6. The number of halogens is 1. The zero-order valence-corrected chi connectivity index (χ0v) is 15.0. The number of rotatable bonds is 6. The van der Waals surface area contributed by atoms with Crippen LogP contribution < -0.4 is 11.1 Å². The number of methoxy groups -OCH3 is 1. The lowest BCUT2D eigenvalue weighted by Gasteiger charge is -2.23. The molecule has 2 rings (SSSR count). The highest BCUT2D eigenvalue weighted by Gasteiger charge is 2.28. The minimum atomic E-state index is -0.529. The Morgan fingerprint density at radius 2 is 2.00 bits per heavy atom. The van der Waals surface area contributed by atoms with E-state index in [0.29, 0.717) is 17.2 Å². The van der Waals surface area contributed by atoms with Crippen LogP contribution in [-0.4, -0.2) is 24.0 Å². The molecular formula is C16H20ClN3O3S. The molecular weight excluding hydrogens is 350 g/mol. The second kappa shape index (κ2) is 9.36. The molecule has 0 spiro atoms. The molecule has 1 amide bonds. The maximum atomic E-state index is 12.4. The van der Waals surface area contributed by atoms with Gasteiger partial charge in [-0.2, -0.15) is 0 Å². The highest BCUT2D eigenvalue weighted by Crippen LogP contribution is 2.23. The Hall–Kier alpha value is -1.96. The van der Waals surface area contributed by atoms with Gasteiger partial charge in [0.2, 0.25) is 0 Å². The maximum Gasteiger partial charge on any atom is 0.310 e. The first-order valence-corrected chi connectivity index (χ1v) is 8.03. The van der Waals surface area contributed by atoms with Crippen LogP contribution in [0.15, 0.2) is 35.7 Å².